The molecule has 3 nitrogen and oxygen atoms in total. The molecule has 0 bridgehead atoms. The van der Waals surface area contributed by atoms with E-state index in [1.807, 2.05) is 6.07 Å². The smallest absolute Gasteiger partial charge is 0.192 e. The molecule has 2 atom stereocenters. The maximum absolute atomic E-state index is 13.9. The van der Waals surface area contributed by atoms with Crippen molar-refractivity contribution >= 4 is 8.32 Å². The van der Waals surface area contributed by atoms with Gasteiger partial charge in [-0.15, -0.1) is 0 Å². The van der Waals surface area contributed by atoms with Crippen molar-refractivity contribution in [1.82, 2.24) is 5.32 Å². The maximum Gasteiger partial charge on any atom is 0.192 e. The van der Waals surface area contributed by atoms with Crippen LogP contribution in [0.4, 0.5) is 4.39 Å². The van der Waals surface area contributed by atoms with E-state index in [0.29, 0.717) is 6.42 Å². The van der Waals surface area contributed by atoms with Gasteiger partial charge in [0, 0.05) is 18.2 Å². The minimum atomic E-state index is -1.91. The van der Waals surface area contributed by atoms with E-state index >= 15 is 0 Å². The van der Waals surface area contributed by atoms with Crippen molar-refractivity contribution in [2.24, 2.45) is 0 Å². The van der Waals surface area contributed by atoms with Gasteiger partial charge in [-0.05, 0) is 75.4 Å². The highest BCUT2D eigenvalue weighted by molar-refractivity contribution is 6.74. The fourth-order valence-electron chi connectivity index (χ4n) is 4.01. The first-order valence-electron chi connectivity index (χ1n) is 10.2. The summed E-state index contributed by atoms with van der Waals surface area (Å²) in [5.74, 6) is -0.210. The summed E-state index contributed by atoms with van der Waals surface area (Å²) in [6.45, 7) is 15.9. The highest BCUT2D eigenvalue weighted by Crippen LogP contribution is 2.44. The summed E-state index contributed by atoms with van der Waals surface area (Å²) in [6, 6.07) is 7.08. The van der Waals surface area contributed by atoms with Gasteiger partial charge in [0.15, 0.2) is 8.32 Å². The molecule has 0 radical (unpaired) electrons. The van der Waals surface area contributed by atoms with Gasteiger partial charge in [-0.3, -0.25) is 0 Å². The van der Waals surface area contributed by atoms with E-state index in [4.69, 9.17) is 4.43 Å². The average Bonchev–Trinajstić information content (AvgIpc) is 2.97. The summed E-state index contributed by atoms with van der Waals surface area (Å²) in [5.41, 5.74) is 0.363. The van der Waals surface area contributed by atoms with Gasteiger partial charge in [0.05, 0.1) is 5.60 Å². The van der Waals surface area contributed by atoms with E-state index < -0.39 is 8.32 Å². The minimum absolute atomic E-state index is 0.146. The van der Waals surface area contributed by atoms with E-state index in [2.05, 4.69) is 53.0 Å². The second-order valence-electron chi connectivity index (χ2n) is 10.1. The molecule has 0 unspecified atom stereocenters. The third kappa shape index (κ3) is 5.00. The second kappa shape index (κ2) is 7.94. The molecule has 0 saturated carbocycles. The number of benzene rings is 1. The number of rotatable bonds is 7. The fourth-order valence-corrected chi connectivity index (χ4v) is 5.77. The highest BCUT2D eigenvalue weighted by Gasteiger charge is 2.49. The Kier molecular flexibility index (Phi) is 6.62. The molecule has 0 amide bonds. The van der Waals surface area contributed by atoms with E-state index in [0.717, 1.165) is 24.8 Å². The van der Waals surface area contributed by atoms with E-state index in [-0.39, 0.29) is 34.6 Å². The molecular formula is C22H38FNO2Si. The van der Waals surface area contributed by atoms with Gasteiger partial charge in [0.25, 0.3) is 0 Å². The zero-order valence-electron chi connectivity index (χ0n) is 18.2. The van der Waals surface area contributed by atoms with Gasteiger partial charge in [0.1, 0.15) is 5.82 Å². The summed E-state index contributed by atoms with van der Waals surface area (Å²) < 4.78 is 20.7. The van der Waals surface area contributed by atoms with Crippen molar-refractivity contribution in [2.45, 2.75) is 95.6 Å². The zero-order valence-corrected chi connectivity index (χ0v) is 19.2. The van der Waals surface area contributed by atoms with Crippen molar-refractivity contribution in [2.75, 3.05) is 6.61 Å². The van der Waals surface area contributed by atoms with Gasteiger partial charge >= 0.3 is 0 Å². The molecular weight excluding hydrogens is 357 g/mol. The summed E-state index contributed by atoms with van der Waals surface area (Å²) in [6.07, 6.45) is 3.38. The molecule has 1 aromatic rings. The van der Waals surface area contributed by atoms with Crippen LogP contribution in [0.1, 0.15) is 65.9 Å². The summed E-state index contributed by atoms with van der Waals surface area (Å²) in [7, 11) is -1.91. The van der Waals surface area contributed by atoms with Gasteiger partial charge in [-0.1, -0.05) is 32.9 Å². The van der Waals surface area contributed by atoms with Crippen molar-refractivity contribution in [3.8, 4) is 0 Å². The molecule has 1 heterocycles. The van der Waals surface area contributed by atoms with Crippen LogP contribution >= 0.6 is 0 Å². The lowest BCUT2D eigenvalue weighted by molar-refractivity contribution is 0.0502. The molecule has 1 aliphatic heterocycles. The van der Waals surface area contributed by atoms with Crippen molar-refractivity contribution in [3.63, 3.8) is 0 Å². The first-order chi connectivity index (χ1) is 12.3. The largest absolute Gasteiger partial charge is 0.410 e. The SMILES string of the molecule is CC(C)(O[Si](C)(C)C(C)(C)C)[C@H]1CC[C@@](CCCO)(c2cccc(F)c2)N1. The first kappa shape index (κ1) is 22.5. The molecule has 1 aliphatic rings. The van der Waals surface area contributed by atoms with Crippen LogP contribution in [-0.4, -0.2) is 31.7 Å². The maximum atomic E-state index is 13.9. The molecule has 0 aromatic heterocycles. The van der Waals surface area contributed by atoms with E-state index in [9.17, 15) is 9.50 Å². The zero-order chi connectivity index (χ0) is 20.5. The Bertz CT molecular complexity index is 641. The number of hydrogen-bond donors (Lipinski definition) is 2. The molecule has 1 saturated heterocycles. The Labute approximate surface area is 165 Å². The predicted octanol–water partition coefficient (Wildman–Crippen LogP) is 5.35. The topological polar surface area (TPSA) is 41.5 Å². The second-order valence-corrected chi connectivity index (χ2v) is 14.8. The normalized spacial score (nSPS) is 24.4. The van der Waals surface area contributed by atoms with Crippen LogP contribution in [0.5, 0.6) is 0 Å². The number of halogens is 1. The summed E-state index contributed by atoms with van der Waals surface area (Å²) in [4.78, 5) is 0. The third-order valence-electron chi connectivity index (χ3n) is 6.61. The van der Waals surface area contributed by atoms with Crippen LogP contribution < -0.4 is 5.32 Å². The monoisotopic (exact) mass is 395 g/mol. The quantitative estimate of drug-likeness (QED) is 0.612. The third-order valence-corrected chi connectivity index (χ3v) is 11.3. The molecule has 5 heteroatoms. The Morgan fingerprint density at radius 2 is 1.93 bits per heavy atom. The predicted molar refractivity (Wildman–Crippen MR) is 113 cm³/mol. The molecule has 0 spiro atoms. The molecule has 1 fully saturated rings. The van der Waals surface area contributed by atoms with Gasteiger partial charge < -0.3 is 14.8 Å². The lowest BCUT2D eigenvalue weighted by Crippen LogP contribution is -2.56. The molecule has 1 aromatic carbocycles. The standard InChI is InChI=1S/C22H38FNO2Si/c1-20(2,3)27(6,7)26-21(4,5)19-12-14-22(24-19,13-9-15-25)17-10-8-11-18(23)16-17/h8,10-11,16,19,24-25H,9,12-15H2,1-7H3/t19-,22+/m1/s1. The number of aliphatic hydroxyl groups is 1. The van der Waals surface area contributed by atoms with Crippen LogP contribution in [0, 0.1) is 5.82 Å². The summed E-state index contributed by atoms with van der Waals surface area (Å²) >= 11 is 0. The van der Waals surface area contributed by atoms with Crippen LogP contribution in [0.2, 0.25) is 18.1 Å². The molecule has 2 N–H and O–H groups in total. The van der Waals surface area contributed by atoms with Crippen molar-refractivity contribution in [3.05, 3.63) is 35.6 Å². The van der Waals surface area contributed by atoms with Crippen LogP contribution in [0.3, 0.4) is 0 Å². The highest BCUT2D eigenvalue weighted by atomic mass is 28.4. The van der Waals surface area contributed by atoms with Crippen LogP contribution in [0.25, 0.3) is 0 Å². The Morgan fingerprint density at radius 1 is 1.26 bits per heavy atom. The molecule has 2 rings (SSSR count). The molecule has 27 heavy (non-hydrogen) atoms. The minimum Gasteiger partial charge on any atom is -0.410 e. The van der Waals surface area contributed by atoms with Crippen LogP contribution in [0.15, 0.2) is 24.3 Å². The lowest BCUT2D eigenvalue weighted by Gasteiger charge is -2.46. The lowest BCUT2D eigenvalue weighted by atomic mass is 9.84. The fraction of sp³-hybridized carbons (Fsp3) is 0.727. The molecule has 154 valence electrons. The van der Waals surface area contributed by atoms with Crippen LogP contribution in [-0.2, 0) is 9.96 Å². The van der Waals surface area contributed by atoms with E-state index in [1.165, 1.54) is 6.07 Å². The number of nitrogens with one attached hydrogen (secondary N) is 1. The van der Waals surface area contributed by atoms with Gasteiger partial charge in [-0.2, -0.15) is 0 Å². The summed E-state index contributed by atoms with van der Waals surface area (Å²) in [5, 5.41) is 13.4. The van der Waals surface area contributed by atoms with E-state index in [1.54, 1.807) is 12.1 Å². The number of hydrogen-bond acceptors (Lipinski definition) is 3. The van der Waals surface area contributed by atoms with Gasteiger partial charge in [0.2, 0.25) is 0 Å². The first-order valence-corrected chi connectivity index (χ1v) is 13.1. The molecule has 0 aliphatic carbocycles. The number of aliphatic hydroxyl groups excluding tert-OH is 1. The average molecular weight is 396 g/mol. The van der Waals surface area contributed by atoms with Gasteiger partial charge in [-0.25, -0.2) is 4.39 Å². The van der Waals surface area contributed by atoms with Crippen molar-refractivity contribution in [1.29, 1.82) is 0 Å². The Balaban J connectivity index is 2.26. The Morgan fingerprint density at radius 3 is 2.48 bits per heavy atom. The Hall–Kier alpha value is -0.753. The van der Waals surface area contributed by atoms with Crippen molar-refractivity contribution < 1.29 is 13.9 Å².